The number of aromatic nitrogens is 4. The minimum absolute atomic E-state index is 0.0575. The Morgan fingerprint density at radius 1 is 1.48 bits per heavy atom. The molecular formula is C19H25N5O3. The van der Waals surface area contributed by atoms with Crippen LogP contribution in [-0.2, 0) is 9.53 Å². The SMILES string of the molecule is Cc1cc(OCC2CN(C(=O)C=Cc3cnc[nH]3)CCO2)nc(C(C)C)n1. The molecule has 1 fully saturated rings. The number of amides is 1. The maximum absolute atomic E-state index is 12.4. The fourth-order valence-electron chi connectivity index (χ4n) is 2.72. The van der Waals surface area contributed by atoms with Gasteiger partial charge in [0.25, 0.3) is 0 Å². The Morgan fingerprint density at radius 2 is 2.33 bits per heavy atom. The molecule has 1 aliphatic heterocycles. The summed E-state index contributed by atoms with van der Waals surface area (Å²) in [6.07, 6.45) is 6.30. The van der Waals surface area contributed by atoms with Gasteiger partial charge >= 0.3 is 0 Å². The molecule has 8 heteroatoms. The summed E-state index contributed by atoms with van der Waals surface area (Å²) in [6, 6.07) is 1.81. The number of aromatic amines is 1. The number of imidazole rings is 1. The highest BCUT2D eigenvalue weighted by atomic mass is 16.5. The normalized spacial score (nSPS) is 17.6. The first-order valence-corrected chi connectivity index (χ1v) is 9.06. The van der Waals surface area contributed by atoms with Gasteiger partial charge in [0.2, 0.25) is 11.8 Å². The van der Waals surface area contributed by atoms with Crippen molar-refractivity contribution in [3.8, 4) is 5.88 Å². The predicted octanol–water partition coefficient (Wildman–Crippen LogP) is 1.95. The van der Waals surface area contributed by atoms with E-state index in [1.807, 2.05) is 26.8 Å². The number of morpholine rings is 1. The largest absolute Gasteiger partial charge is 0.475 e. The number of H-pyrrole nitrogens is 1. The van der Waals surface area contributed by atoms with Crippen LogP contribution in [0.25, 0.3) is 6.08 Å². The summed E-state index contributed by atoms with van der Waals surface area (Å²) in [6.45, 7) is 7.87. The van der Waals surface area contributed by atoms with Crippen molar-refractivity contribution in [3.05, 3.63) is 41.9 Å². The van der Waals surface area contributed by atoms with Crippen LogP contribution in [0.3, 0.4) is 0 Å². The molecule has 2 aromatic heterocycles. The number of ether oxygens (including phenoxy) is 2. The van der Waals surface area contributed by atoms with Crippen molar-refractivity contribution in [3.63, 3.8) is 0 Å². The third kappa shape index (κ3) is 5.37. The summed E-state index contributed by atoms with van der Waals surface area (Å²) >= 11 is 0. The maximum atomic E-state index is 12.4. The molecule has 3 heterocycles. The van der Waals surface area contributed by atoms with Crippen LogP contribution >= 0.6 is 0 Å². The van der Waals surface area contributed by atoms with Crippen LogP contribution in [0.1, 0.15) is 37.0 Å². The monoisotopic (exact) mass is 371 g/mol. The van der Waals surface area contributed by atoms with Crippen LogP contribution in [0.5, 0.6) is 5.88 Å². The van der Waals surface area contributed by atoms with Crippen molar-refractivity contribution in [1.29, 1.82) is 0 Å². The highest BCUT2D eigenvalue weighted by Crippen LogP contribution is 2.16. The van der Waals surface area contributed by atoms with Crippen LogP contribution < -0.4 is 4.74 Å². The lowest BCUT2D eigenvalue weighted by molar-refractivity contribution is -0.134. The molecule has 144 valence electrons. The van der Waals surface area contributed by atoms with E-state index in [-0.39, 0.29) is 17.9 Å². The molecule has 8 nitrogen and oxygen atoms in total. The number of hydrogen-bond donors (Lipinski definition) is 1. The number of aryl methyl sites for hydroxylation is 1. The van der Waals surface area contributed by atoms with E-state index >= 15 is 0 Å². The van der Waals surface area contributed by atoms with Gasteiger partial charge in [0, 0.05) is 30.3 Å². The molecule has 1 atom stereocenters. The van der Waals surface area contributed by atoms with E-state index in [0.717, 1.165) is 17.2 Å². The van der Waals surface area contributed by atoms with Gasteiger partial charge in [0.05, 0.1) is 31.4 Å². The molecule has 1 unspecified atom stereocenters. The Hall–Kier alpha value is -2.74. The van der Waals surface area contributed by atoms with Crippen LogP contribution in [-0.4, -0.2) is 63.2 Å². The lowest BCUT2D eigenvalue weighted by atomic mass is 10.2. The maximum Gasteiger partial charge on any atom is 0.246 e. The average molecular weight is 371 g/mol. The lowest BCUT2D eigenvalue weighted by Gasteiger charge is -2.32. The number of nitrogens with one attached hydrogen (secondary N) is 1. The molecule has 1 N–H and O–H groups in total. The second-order valence-corrected chi connectivity index (χ2v) is 6.79. The summed E-state index contributed by atoms with van der Waals surface area (Å²) in [7, 11) is 0. The van der Waals surface area contributed by atoms with Crippen LogP contribution in [0.4, 0.5) is 0 Å². The molecule has 27 heavy (non-hydrogen) atoms. The van der Waals surface area contributed by atoms with E-state index in [1.165, 1.54) is 0 Å². The van der Waals surface area contributed by atoms with E-state index < -0.39 is 0 Å². The van der Waals surface area contributed by atoms with Gasteiger partial charge in [-0.15, -0.1) is 0 Å². The fourth-order valence-corrected chi connectivity index (χ4v) is 2.72. The number of carbonyl (C=O) groups is 1. The van der Waals surface area contributed by atoms with Gasteiger partial charge in [-0.3, -0.25) is 4.79 Å². The molecule has 1 aliphatic rings. The number of hydrogen-bond acceptors (Lipinski definition) is 6. The second kappa shape index (κ2) is 8.77. The van der Waals surface area contributed by atoms with Crippen molar-refractivity contribution in [2.75, 3.05) is 26.3 Å². The van der Waals surface area contributed by atoms with Crippen molar-refractivity contribution in [2.24, 2.45) is 0 Å². The predicted molar refractivity (Wildman–Crippen MR) is 100 cm³/mol. The van der Waals surface area contributed by atoms with Gasteiger partial charge < -0.3 is 19.4 Å². The zero-order chi connectivity index (χ0) is 19.2. The minimum atomic E-state index is -0.193. The Labute approximate surface area is 158 Å². The smallest absolute Gasteiger partial charge is 0.246 e. The van der Waals surface area contributed by atoms with E-state index in [4.69, 9.17) is 9.47 Å². The number of rotatable bonds is 6. The van der Waals surface area contributed by atoms with Crippen LogP contribution in [0.2, 0.25) is 0 Å². The molecule has 1 amide bonds. The molecule has 0 aliphatic carbocycles. The molecule has 0 aromatic carbocycles. The Bertz CT molecular complexity index is 789. The van der Waals surface area contributed by atoms with E-state index in [0.29, 0.717) is 32.2 Å². The second-order valence-electron chi connectivity index (χ2n) is 6.79. The van der Waals surface area contributed by atoms with Gasteiger partial charge in [0.1, 0.15) is 18.5 Å². The van der Waals surface area contributed by atoms with Crippen molar-refractivity contribution in [2.45, 2.75) is 32.8 Å². The Balaban J connectivity index is 1.55. The summed E-state index contributed by atoms with van der Waals surface area (Å²) in [5.41, 5.74) is 1.66. The van der Waals surface area contributed by atoms with Crippen molar-refractivity contribution in [1.82, 2.24) is 24.8 Å². The van der Waals surface area contributed by atoms with Gasteiger partial charge in [0.15, 0.2) is 0 Å². The molecule has 0 radical (unpaired) electrons. The quantitative estimate of drug-likeness (QED) is 0.780. The van der Waals surface area contributed by atoms with E-state index in [1.54, 1.807) is 29.6 Å². The standard InChI is InChI=1S/C19H25N5O3/c1-13(2)19-22-14(3)8-17(23-19)27-11-16-10-24(6-7-26-16)18(25)5-4-15-9-20-12-21-15/h4-5,8-9,12-13,16H,6-7,10-11H2,1-3H3,(H,20,21). The minimum Gasteiger partial charge on any atom is -0.475 e. The topological polar surface area (TPSA) is 93.2 Å². The van der Waals surface area contributed by atoms with Gasteiger partial charge in [-0.25, -0.2) is 9.97 Å². The molecular weight excluding hydrogens is 346 g/mol. The third-order valence-electron chi connectivity index (χ3n) is 4.16. The van der Waals surface area contributed by atoms with Crippen LogP contribution in [0, 0.1) is 6.92 Å². The molecule has 0 saturated carbocycles. The highest BCUT2D eigenvalue weighted by molar-refractivity contribution is 5.91. The van der Waals surface area contributed by atoms with E-state index in [2.05, 4.69) is 19.9 Å². The molecule has 0 spiro atoms. The molecule has 0 bridgehead atoms. The van der Waals surface area contributed by atoms with Crippen LogP contribution in [0.15, 0.2) is 24.7 Å². The summed E-state index contributed by atoms with van der Waals surface area (Å²) in [5.74, 6) is 1.47. The summed E-state index contributed by atoms with van der Waals surface area (Å²) in [5, 5.41) is 0. The number of nitrogens with zero attached hydrogens (tertiary/aromatic N) is 4. The van der Waals surface area contributed by atoms with Crippen molar-refractivity contribution < 1.29 is 14.3 Å². The van der Waals surface area contributed by atoms with Gasteiger partial charge in [-0.1, -0.05) is 13.8 Å². The highest BCUT2D eigenvalue weighted by Gasteiger charge is 2.24. The number of carbonyl (C=O) groups excluding carboxylic acids is 1. The zero-order valence-electron chi connectivity index (χ0n) is 15.9. The first-order valence-electron chi connectivity index (χ1n) is 9.06. The molecule has 1 saturated heterocycles. The Morgan fingerprint density at radius 3 is 3.07 bits per heavy atom. The first-order chi connectivity index (χ1) is 13.0. The summed E-state index contributed by atoms with van der Waals surface area (Å²) in [4.78, 5) is 29.8. The zero-order valence-corrected chi connectivity index (χ0v) is 15.9. The third-order valence-corrected chi connectivity index (χ3v) is 4.16. The molecule has 2 aromatic rings. The average Bonchev–Trinajstić information content (AvgIpc) is 3.18. The van der Waals surface area contributed by atoms with Gasteiger partial charge in [-0.05, 0) is 13.0 Å². The lowest BCUT2D eigenvalue weighted by Crippen LogP contribution is -2.47. The summed E-state index contributed by atoms with van der Waals surface area (Å²) < 4.78 is 11.6. The Kier molecular flexibility index (Phi) is 6.18. The van der Waals surface area contributed by atoms with E-state index in [9.17, 15) is 4.79 Å². The first kappa shape index (κ1) is 19.0. The fraction of sp³-hybridized carbons (Fsp3) is 0.474. The molecule has 3 rings (SSSR count). The van der Waals surface area contributed by atoms with Gasteiger partial charge in [-0.2, -0.15) is 4.98 Å². The van der Waals surface area contributed by atoms with Crippen molar-refractivity contribution >= 4 is 12.0 Å².